The Hall–Kier alpha value is -2.96. The summed E-state index contributed by atoms with van der Waals surface area (Å²) in [5.41, 5.74) is 6.76. The highest BCUT2D eigenvalue weighted by atomic mass is 19.1. The monoisotopic (exact) mass is 381 g/mol. The van der Waals surface area contributed by atoms with Crippen LogP contribution >= 0.6 is 0 Å². The number of hydrazone groups is 1. The van der Waals surface area contributed by atoms with Crippen LogP contribution in [0.25, 0.3) is 0 Å². The Morgan fingerprint density at radius 3 is 2.57 bits per heavy atom. The van der Waals surface area contributed by atoms with E-state index in [9.17, 15) is 8.78 Å². The van der Waals surface area contributed by atoms with Gasteiger partial charge in [-0.3, -0.25) is 10.4 Å². The predicted octanol–water partition coefficient (Wildman–Crippen LogP) is 3.83. The van der Waals surface area contributed by atoms with Crippen LogP contribution in [0.4, 0.5) is 20.2 Å². The molecule has 28 heavy (non-hydrogen) atoms. The van der Waals surface area contributed by atoms with Gasteiger partial charge in [-0.15, -0.1) is 0 Å². The normalized spacial score (nSPS) is 23.2. The largest absolute Gasteiger partial charge is 0.372 e. The van der Waals surface area contributed by atoms with Crippen molar-refractivity contribution in [3.63, 3.8) is 0 Å². The number of fused-ring (bicyclic) bond motifs is 3. The summed E-state index contributed by atoms with van der Waals surface area (Å²) >= 11 is 0. The molecule has 1 saturated heterocycles. The molecule has 2 unspecified atom stereocenters. The third-order valence-electron chi connectivity index (χ3n) is 5.69. The van der Waals surface area contributed by atoms with Gasteiger partial charge in [-0.05, 0) is 50.1 Å². The van der Waals surface area contributed by atoms with Crippen LogP contribution in [0.1, 0.15) is 36.9 Å². The first-order chi connectivity index (χ1) is 13.6. The van der Waals surface area contributed by atoms with Crippen molar-refractivity contribution < 1.29 is 8.78 Å². The van der Waals surface area contributed by atoms with Gasteiger partial charge in [-0.25, -0.2) is 8.78 Å². The van der Waals surface area contributed by atoms with E-state index in [1.54, 1.807) is 0 Å². The maximum Gasteiger partial charge on any atom is 0.139 e. The van der Waals surface area contributed by atoms with E-state index in [1.807, 2.05) is 13.0 Å². The Bertz CT molecular complexity index is 974. The summed E-state index contributed by atoms with van der Waals surface area (Å²) in [6.07, 6.45) is 2.39. The molecule has 2 atom stereocenters. The molecule has 0 amide bonds. The lowest BCUT2D eigenvalue weighted by Gasteiger charge is -2.22. The van der Waals surface area contributed by atoms with Gasteiger partial charge in [0.2, 0.25) is 0 Å². The molecule has 5 rings (SSSR count). The summed E-state index contributed by atoms with van der Waals surface area (Å²) in [6, 6.07) is 9.52. The van der Waals surface area contributed by atoms with Crippen molar-refractivity contribution in [1.29, 1.82) is 0 Å². The maximum atomic E-state index is 14.4. The van der Waals surface area contributed by atoms with E-state index < -0.39 is 11.6 Å². The molecular weight excluding hydrogens is 360 g/mol. The second-order valence-corrected chi connectivity index (χ2v) is 7.47. The van der Waals surface area contributed by atoms with Gasteiger partial charge in [0, 0.05) is 30.0 Å². The van der Waals surface area contributed by atoms with Crippen molar-refractivity contribution in [2.75, 3.05) is 23.3 Å². The maximum absolute atomic E-state index is 14.4. The van der Waals surface area contributed by atoms with Crippen molar-refractivity contribution in [2.45, 2.75) is 31.8 Å². The van der Waals surface area contributed by atoms with Gasteiger partial charge in [0.05, 0.1) is 17.3 Å². The molecule has 2 N–H and O–H groups in total. The highest BCUT2D eigenvalue weighted by Crippen LogP contribution is 2.37. The summed E-state index contributed by atoms with van der Waals surface area (Å²) in [6.45, 7) is 3.97. The van der Waals surface area contributed by atoms with E-state index >= 15 is 0 Å². The number of hydrogen-bond acceptors (Lipinski definition) is 5. The molecule has 2 aromatic carbocycles. The van der Waals surface area contributed by atoms with E-state index in [4.69, 9.17) is 0 Å². The van der Waals surface area contributed by atoms with Crippen LogP contribution < -0.4 is 15.6 Å². The smallest absolute Gasteiger partial charge is 0.139 e. The number of amidine groups is 1. The number of aliphatic imine (C=N–C) groups is 1. The second-order valence-electron chi connectivity index (χ2n) is 7.47. The molecule has 3 aliphatic heterocycles. The Labute approximate surface area is 162 Å². The van der Waals surface area contributed by atoms with Crippen molar-refractivity contribution in [3.8, 4) is 0 Å². The molecule has 3 aliphatic rings. The van der Waals surface area contributed by atoms with Crippen molar-refractivity contribution in [3.05, 3.63) is 59.2 Å². The van der Waals surface area contributed by atoms with Gasteiger partial charge in [0.15, 0.2) is 0 Å². The topological polar surface area (TPSA) is 52.0 Å². The van der Waals surface area contributed by atoms with Gasteiger partial charge < -0.3 is 10.2 Å². The predicted molar refractivity (Wildman–Crippen MR) is 107 cm³/mol. The number of halogens is 2. The molecule has 0 radical (unpaired) electrons. The Kier molecular flexibility index (Phi) is 4.03. The van der Waals surface area contributed by atoms with E-state index in [1.165, 1.54) is 31.0 Å². The third kappa shape index (κ3) is 2.73. The summed E-state index contributed by atoms with van der Waals surface area (Å²) < 4.78 is 28.9. The van der Waals surface area contributed by atoms with Gasteiger partial charge in [0.1, 0.15) is 23.5 Å². The van der Waals surface area contributed by atoms with Gasteiger partial charge in [-0.2, -0.15) is 5.10 Å². The zero-order chi connectivity index (χ0) is 19.3. The van der Waals surface area contributed by atoms with E-state index in [0.29, 0.717) is 0 Å². The molecule has 0 bridgehead atoms. The van der Waals surface area contributed by atoms with Crippen molar-refractivity contribution >= 4 is 22.9 Å². The minimum absolute atomic E-state index is 0.141. The molecule has 144 valence electrons. The number of nitrogens with zero attached hydrogens (tertiary/aromatic N) is 3. The first-order valence-electron chi connectivity index (χ1n) is 9.59. The van der Waals surface area contributed by atoms with Crippen LogP contribution in [0.15, 0.2) is 46.5 Å². The number of rotatable bonds is 2. The van der Waals surface area contributed by atoms with Gasteiger partial charge in [-0.1, -0.05) is 6.07 Å². The van der Waals surface area contributed by atoms with E-state index in [2.05, 4.69) is 37.9 Å². The van der Waals surface area contributed by atoms with Gasteiger partial charge >= 0.3 is 0 Å². The number of benzene rings is 2. The lowest BCUT2D eigenvalue weighted by Crippen LogP contribution is -2.25. The molecule has 0 spiro atoms. The van der Waals surface area contributed by atoms with Gasteiger partial charge in [0.25, 0.3) is 0 Å². The third-order valence-corrected chi connectivity index (χ3v) is 5.69. The number of nitrogens with one attached hydrogen (secondary N) is 2. The summed E-state index contributed by atoms with van der Waals surface area (Å²) in [5.74, 6) is -1.09. The quantitative estimate of drug-likeness (QED) is 0.831. The molecule has 5 nitrogen and oxygen atoms in total. The number of anilines is 2. The van der Waals surface area contributed by atoms with Crippen LogP contribution in [-0.2, 0) is 0 Å². The Morgan fingerprint density at radius 2 is 1.82 bits per heavy atom. The standard InChI is InChI=1S/C21H21F2N5/c1-12-19-20(27-26-12)14-11-13(28-9-2-3-10-28)7-8-17(14)24-21(25-19)18-15(22)5-4-6-16(18)23/h4-8,11,19-20,27H,2-3,9-10H2,1H3,(H,24,25). The van der Waals surface area contributed by atoms with Crippen molar-refractivity contribution in [2.24, 2.45) is 10.1 Å². The average molecular weight is 381 g/mol. The second kappa shape index (κ2) is 6.58. The van der Waals surface area contributed by atoms with E-state index in [0.717, 1.165) is 35.7 Å². The molecule has 3 heterocycles. The number of hydrogen-bond donors (Lipinski definition) is 2. The fourth-order valence-corrected chi connectivity index (χ4v) is 4.20. The molecule has 0 aliphatic carbocycles. The Morgan fingerprint density at radius 1 is 1.07 bits per heavy atom. The zero-order valence-corrected chi connectivity index (χ0v) is 15.5. The fourth-order valence-electron chi connectivity index (χ4n) is 4.20. The summed E-state index contributed by atoms with van der Waals surface area (Å²) in [7, 11) is 0. The van der Waals surface area contributed by atoms with Crippen LogP contribution in [0.3, 0.4) is 0 Å². The molecule has 0 saturated carbocycles. The summed E-state index contributed by atoms with van der Waals surface area (Å²) in [5, 5.41) is 7.53. The first-order valence-corrected chi connectivity index (χ1v) is 9.59. The highest BCUT2D eigenvalue weighted by molar-refractivity contribution is 6.11. The van der Waals surface area contributed by atoms with Crippen LogP contribution in [0.5, 0.6) is 0 Å². The first kappa shape index (κ1) is 17.2. The van der Waals surface area contributed by atoms with Crippen LogP contribution in [0, 0.1) is 11.6 Å². The molecule has 2 aromatic rings. The average Bonchev–Trinajstić information content (AvgIpc) is 3.30. The summed E-state index contributed by atoms with van der Waals surface area (Å²) in [4.78, 5) is 7.03. The SMILES string of the molecule is CC1=NNC2c3cc(N4CCCC4)ccc3NC(c3c(F)cccc3F)=NC12. The molecule has 7 heteroatoms. The van der Waals surface area contributed by atoms with Crippen LogP contribution in [0.2, 0.25) is 0 Å². The Balaban J connectivity index is 1.62. The lowest BCUT2D eigenvalue weighted by molar-refractivity contribution is 0.569. The fraction of sp³-hybridized carbons (Fsp3) is 0.333. The zero-order valence-electron chi connectivity index (χ0n) is 15.5. The minimum atomic E-state index is -0.638. The van der Waals surface area contributed by atoms with E-state index in [-0.39, 0.29) is 23.5 Å². The molecular formula is C21H21F2N5. The van der Waals surface area contributed by atoms with Crippen molar-refractivity contribution in [1.82, 2.24) is 5.43 Å². The molecule has 0 aromatic heterocycles. The highest BCUT2D eigenvalue weighted by Gasteiger charge is 2.36. The van der Waals surface area contributed by atoms with Crippen LogP contribution in [-0.4, -0.2) is 30.7 Å². The minimum Gasteiger partial charge on any atom is -0.372 e. The lowest BCUT2D eigenvalue weighted by atomic mass is 9.96. The molecule has 1 fully saturated rings.